The Kier molecular flexibility index (Phi) is 19.4. The first-order valence-corrected chi connectivity index (χ1v) is 12.3. The summed E-state index contributed by atoms with van der Waals surface area (Å²) in [5, 5.41) is 0. The van der Waals surface area contributed by atoms with Gasteiger partial charge in [0.2, 0.25) is 0 Å². The summed E-state index contributed by atoms with van der Waals surface area (Å²) in [6, 6.07) is 0. The van der Waals surface area contributed by atoms with Crippen molar-refractivity contribution >= 4 is 15.7 Å². The minimum atomic E-state index is -4.25. The molecular weight excluding hydrogens is 332 g/mol. The number of likely N-dealkylation sites (N-methyl/N-ethyl adjacent to an activating group) is 1. The summed E-state index contributed by atoms with van der Waals surface area (Å²) in [5.74, 6) is 0. The van der Waals surface area contributed by atoms with E-state index in [1.54, 1.807) is 37.5 Å². The Morgan fingerprint density at radius 1 is 0.913 bits per heavy atom. The second-order valence-corrected chi connectivity index (χ2v) is 9.95. The van der Waals surface area contributed by atoms with Gasteiger partial charge in [0.15, 0.2) is 0 Å². The van der Waals surface area contributed by atoms with E-state index in [9.17, 15) is 4.57 Å². The first-order valence-electron chi connectivity index (χ1n) is 8.83. The number of phosphoric acid groups is 1. The van der Waals surface area contributed by atoms with Crippen molar-refractivity contribution in [1.29, 1.82) is 0 Å². The molecule has 0 aromatic heterocycles. The van der Waals surface area contributed by atoms with Crippen LogP contribution in [0, 0.1) is 0 Å². The van der Waals surface area contributed by atoms with E-state index in [2.05, 4.69) is 25.3 Å². The fourth-order valence-corrected chi connectivity index (χ4v) is 5.10. The Morgan fingerprint density at radius 2 is 1.30 bits per heavy atom. The third kappa shape index (κ3) is 24.9. The zero-order valence-corrected chi connectivity index (χ0v) is 17.6. The predicted molar refractivity (Wildman–Crippen MR) is 103 cm³/mol. The summed E-state index contributed by atoms with van der Waals surface area (Å²) in [7, 11) is -0.238. The van der Waals surface area contributed by atoms with Gasteiger partial charge in [0.1, 0.15) is 0 Å². The standard InChI is InChI=1S/C12H27P.C4H12NO4P/c1-4-7-10-13(11-8-5-2)12-9-6-3;1-5(2)3-4-9-10(6,7)8/h4-12H2,1-3H3;3-4H2,1-2H3,(H2,6,7,8). The van der Waals surface area contributed by atoms with Crippen LogP contribution < -0.4 is 0 Å². The number of nitrogens with zero attached hydrogens (tertiary/aromatic N) is 1. The summed E-state index contributed by atoms with van der Waals surface area (Å²) in [6.45, 7) is 7.50. The van der Waals surface area contributed by atoms with E-state index in [0.717, 1.165) is 0 Å². The van der Waals surface area contributed by atoms with E-state index in [1.807, 2.05) is 0 Å². The molecule has 0 radical (unpaired) electrons. The van der Waals surface area contributed by atoms with Crippen LogP contribution in [-0.2, 0) is 9.09 Å². The van der Waals surface area contributed by atoms with Crippen LogP contribution in [0.25, 0.3) is 0 Å². The number of phosphoric ester groups is 1. The highest BCUT2D eigenvalue weighted by Crippen LogP contribution is 2.38. The minimum Gasteiger partial charge on any atom is -0.307 e. The van der Waals surface area contributed by atoms with Gasteiger partial charge in [0.05, 0.1) is 6.61 Å². The first-order chi connectivity index (χ1) is 10.8. The molecule has 0 aromatic carbocycles. The maximum atomic E-state index is 10.1. The quantitative estimate of drug-likeness (QED) is 0.466. The largest absolute Gasteiger partial charge is 0.469 e. The molecule has 0 spiro atoms. The molecule has 0 aliphatic carbocycles. The number of hydrogen-bond donors (Lipinski definition) is 2. The van der Waals surface area contributed by atoms with Gasteiger partial charge in [-0.1, -0.05) is 40.0 Å². The highest BCUT2D eigenvalue weighted by molar-refractivity contribution is 7.57. The maximum Gasteiger partial charge on any atom is 0.469 e. The Hall–Kier alpha value is 0.500. The van der Waals surface area contributed by atoms with Gasteiger partial charge in [0, 0.05) is 6.54 Å². The van der Waals surface area contributed by atoms with Crippen molar-refractivity contribution < 1.29 is 18.9 Å². The van der Waals surface area contributed by atoms with Crippen molar-refractivity contribution in [2.75, 3.05) is 45.7 Å². The van der Waals surface area contributed by atoms with Gasteiger partial charge in [-0.25, -0.2) is 4.57 Å². The molecule has 0 bridgehead atoms. The third-order valence-corrected chi connectivity index (χ3v) is 6.65. The van der Waals surface area contributed by atoms with Gasteiger partial charge in [0.25, 0.3) is 0 Å². The minimum absolute atomic E-state index is 0.0529. The summed E-state index contributed by atoms with van der Waals surface area (Å²) >= 11 is 0. The van der Waals surface area contributed by atoms with Crippen LogP contribution in [0.2, 0.25) is 0 Å². The zero-order valence-electron chi connectivity index (χ0n) is 15.8. The molecule has 0 fully saturated rings. The normalized spacial score (nSPS) is 11.7. The third-order valence-electron chi connectivity index (χ3n) is 3.28. The molecule has 0 atom stereocenters. The van der Waals surface area contributed by atoms with Crippen LogP contribution in [-0.4, -0.2) is 60.4 Å². The van der Waals surface area contributed by atoms with E-state index in [0.29, 0.717) is 14.5 Å². The van der Waals surface area contributed by atoms with Crippen LogP contribution in [0.5, 0.6) is 0 Å². The van der Waals surface area contributed by atoms with Crippen molar-refractivity contribution in [3.8, 4) is 0 Å². The second kappa shape index (κ2) is 17.3. The van der Waals surface area contributed by atoms with Gasteiger partial charge in [-0.15, -0.1) is 7.92 Å². The Morgan fingerprint density at radius 3 is 1.57 bits per heavy atom. The lowest BCUT2D eigenvalue weighted by Crippen LogP contribution is -2.17. The van der Waals surface area contributed by atoms with Gasteiger partial charge in [-0.3, -0.25) is 4.52 Å². The number of hydrogen-bond acceptors (Lipinski definition) is 3. The fraction of sp³-hybridized carbons (Fsp3) is 1.00. The molecule has 0 aromatic rings. The van der Waals surface area contributed by atoms with Gasteiger partial charge >= 0.3 is 7.82 Å². The first kappa shape index (κ1) is 25.7. The Labute approximate surface area is 145 Å². The van der Waals surface area contributed by atoms with E-state index in [1.165, 1.54) is 38.5 Å². The highest BCUT2D eigenvalue weighted by Gasteiger charge is 2.12. The van der Waals surface area contributed by atoms with E-state index in [4.69, 9.17) is 9.79 Å². The average molecular weight is 371 g/mol. The molecule has 5 nitrogen and oxygen atoms in total. The highest BCUT2D eigenvalue weighted by atomic mass is 31.2. The van der Waals surface area contributed by atoms with Gasteiger partial charge in [-0.05, 0) is 51.8 Å². The van der Waals surface area contributed by atoms with Crippen LogP contribution in [0.1, 0.15) is 59.3 Å². The molecule has 7 heteroatoms. The molecule has 0 saturated heterocycles. The molecule has 0 amide bonds. The number of unbranched alkanes of at least 4 members (excludes halogenated alkanes) is 3. The summed E-state index contributed by atoms with van der Waals surface area (Å²) in [5.41, 5.74) is 0. The monoisotopic (exact) mass is 371 g/mol. The summed E-state index contributed by atoms with van der Waals surface area (Å²) in [6.07, 6.45) is 13.2. The molecular formula is C16H39NO4P2. The van der Waals surface area contributed by atoms with E-state index < -0.39 is 7.82 Å². The molecule has 23 heavy (non-hydrogen) atoms. The zero-order chi connectivity index (χ0) is 18.1. The Bertz CT molecular complexity index is 266. The van der Waals surface area contributed by atoms with Crippen molar-refractivity contribution in [2.24, 2.45) is 0 Å². The molecule has 0 heterocycles. The van der Waals surface area contributed by atoms with Gasteiger partial charge < -0.3 is 14.7 Å². The number of rotatable bonds is 13. The molecule has 0 unspecified atom stereocenters. The average Bonchev–Trinajstić information content (AvgIpc) is 2.45. The molecule has 142 valence electrons. The SMILES string of the molecule is CCCCP(CCCC)CCCC.CN(C)CCOP(=O)(O)O. The lowest BCUT2D eigenvalue weighted by Gasteiger charge is -2.16. The van der Waals surface area contributed by atoms with E-state index in [-0.39, 0.29) is 6.61 Å². The van der Waals surface area contributed by atoms with Crippen LogP contribution >= 0.6 is 15.7 Å². The molecule has 2 N–H and O–H groups in total. The lowest BCUT2D eigenvalue weighted by atomic mass is 10.4. The van der Waals surface area contributed by atoms with E-state index >= 15 is 0 Å². The topological polar surface area (TPSA) is 70.0 Å². The second-order valence-electron chi connectivity index (χ2n) is 6.03. The van der Waals surface area contributed by atoms with Crippen molar-refractivity contribution in [3.63, 3.8) is 0 Å². The maximum absolute atomic E-state index is 10.1. The van der Waals surface area contributed by atoms with Crippen molar-refractivity contribution in [2.45, 2.75) is 59.3 Å². The molecule has 0 aliphatic rings. The van der Waals surface area contributed by atoms with Gasteiger partial charge in [-0.2, -0.15) is 0 Å². The van der Waals surface area contributed by atoms with Crippen LogP contribution in [0.4, 0.5) is 0 Å². The predicted octanol–water partition coefficient (Wildman–Crippen LogP) is 4.53. The van der Waals surface area contributed by atoms with Crippen LogP contribution in [0.15, 0.2) is 0 Å². The molecule has 0 saturated carbocycles. The smallest absolute Gasteiger partial charge is 0.307 e. The Balaban J connectivity index is 0. The fourth-order valence-electron chi connectivity index (χ4n) is 1.82. The lowest BCUT2D eigenvalue weighted by molar-refractivity contribution is 0.180. The summed E-state index contributed by atoms with van der Waals surface area (Å²) < 4.78 is 14.2. The van der Waals surface area contributed by atoms with Crippen molar-refractivity contribution in [1.82, 2.24) is 4.90 Å². The summed E-state index contributed by atoms with van der Waals surface area (Å²) in [4.78, 5) is 18.2. The molecule has 0 aliphatic heterocycles. The van der Waals surface area contributed by atoms with Crippen molar-refractivity contribution in [3.05, 3.63) is 0 Å². The molecule has 0 rings (SSSR count). The van der Waals surface area contributed by atoms with Crippen LogP contribution in [0.3, 0.4) is 0 Å².